The highest BCUT2D eigenvalue weighted by Crippen LogP contribution is 2.41. The number of rotatable bonds is 6. The maximum absolute atomic E-state index is 13.8. The standard InChI is InChI=1S/C29H28N2O4/c1-17(2)13-14-34-21-9-6-8-20(16-21)26-25-27(32)22-15-18(3)11-12-23(22)35-28(25)29(33)31(26)24-10-5-7-19(4)30-24/h5-12,15-17,26H,13-14H2,1-4H3/t26-/m0/s1. The van der Waals surface area contributed by atoms with Crippen LogP contribution < -0.4 is 15.1 Å². The fourth-order valence-electron chi connectivity index (χ4n) is 4.49. The summed E-state index contributed by atoms with van der Waals surface area (Å²) < 4.78 is 12.0. The number of amides is 1. The van der Waals surface area contributed by atoms with Crippen LogP contribution in [0.3, 0.4) is 0 Å². The van der Waals surface area contributed by atoms with Crippen molar-refractivity contribution in [1.82, 2.24) is 4.98 Å². The predicted octanol–water partition coefficient (Wildman–Crippen LogP) is 5.98. The molecule has 0 aliphatic carbocycles. The highest BCUT2D eigenvalue weighted by atomic mass is 16.5. The Morgan fingerprint density at radius 3 is 2.60 bits per heavy atom. The zero-order valence-electron chi connectivity index (χ0n) is 20.4. The second-order valence-corrected chi connectivity index (χ2v) is 9.49. The molecule has 6 nitrogen and oxygen atoms in total. The smallest absolute Gasteiger partial charge is 0.296 e. The summed E-state index contributed by atoms with van der Waals surface area (Å²) in [5, 5.41) is 0.463. The topological polar surface area (TPSA) is 72.6 Å². The second-order valence-electron chi connectivity index (χ2n) is 9.49. The van der Waals surface area contributed by atoms with Crippen LogP contribution in [0, 0.1) is 19.8 Å². The van der Waals surface area contributed by atoms with E-state index in [2.05, 4.69) is 18.8 Å². The molecule has 1 amide bonds. The van der Waals surface area contributed by atoms with Gasteiger partial charge in [0.2, 0.25) is 5.76 Å². The van der Waals surface area contributed by atoms with Crippen molar-refractivity contribution in [2.45, 2.75) is 40.2 Å². The number of aryl methyl sites for hydroxylation is 2. The molecule has 0 radical (unpaired) electrons. The molecule has 2 aromatic carbocycles. The monoisotopic (exact) mass is 468 g/mol. The number of aromatic nitrogens is 1. The van der Waals surface area contributed by atoms with Crippen molar-refractivity contribution in [1.29, 1.82) is 0 Å². The lowest BCUT2D eigenvalue weighted by atomic mass is 9.98. The zero-order chi connectivity index (χ0) is 24.7. The fraction of sp³-hybridized carbons (Fsp3) is 0.276. The van der Waals surface area contributed by atoms with Crippen molar-refractivity contribution in [3.05, 3.63) is 99.0 Å². The molecule has 35 heavy (non-hydrogen) atoms. The lowest BCUT2D eigenvalue weighted by Crippen LogP contribution is -2.30. The van der Waals surface area contributed by atoms with Crippen molar-refractivity contribution >= 4 is 22.7 Å². The Hall–Kier alpha value is -3.93. The number of pyridine rings is 1. The fourth-order valence-corrected chi connectivity index (χ4v) is 4.49. The van der Waals surface area contributed by atoms with Gasteiger partial charge >= 0.3 is 0 Å². The van der Waals surface area contributed by atoms with Gasteiger partial charge in [0, 0.05) is 5.69 Å². The molecule has 178 valence electrons. The van der Waals surface area contributed by atoms with Crippen LogP contribution in [0.4, 0.5) is 5.82 Å². The summed E-state index contributed by atoms with van der Waals surface area (Å²) in [6.07, 6.45) is 0.934. The molecule has 0 fully saturated rings. The van der Waals surface area contributed by atoms with Gasteiger partial charge in [0.15, 0.2) is 5.43 Å². The average molecular weight is 469 g/mol. The minimum atomic E-state index is -0.679. The number of carbonyl (C=O) groups is 1. The van der Waals surface area contributed by atoms with Crippen molar-refractivity contribution < 1.29 is 13.9 Å². The first-order chi connectivity index (χ1) is 16.8. The number of nitrogens with zero attached hydrogens (tertiary/aromatic N) is 2. The number of benzene rings is 2. The van der Waals surface area contributed by atoms with E-state index in [4.69, 9.17) is 9.15 Å². The first-order valence-corrected chi connectivity index (χ1v) is 11.9. The number of hydrogen-bond acceptors (Lipinski definition) is 5. The second kappa shape index (κ2) is 9.02. The van der Waals surface area contributed by atoms with Crippen molar-refractivity contribution in [2.24, 2.45) is 5.92 Å². The van der Waals surface area contributed by atoms with Gasteiger partial charge in [0.25, 0.3) is 5.91 Å². The van der Waals surface area contributed by atoms with Gasteiger partial charge < -0.3 is 9.15 Å². The summed E-state index contributed by atoms with van der Waals surface area (Å²) in [6.45, 7) is 8.69. The van der Waals surface area contributed by atoms with Crippen LogP contribution in [-0.4, -0.2) is 17.5 Å². The predicted molar refractivity (Wildman–Crippen MR) is 136 cm³/mol. The Kier molecular flexibility index (Phi) is 5.89. The van der Waals surface area contributed by atoms with Gasteiger partial charge in [-0.1, -0.05) is 43.7 Å². The highest BCUT2D eigenvalue weighted by molar-refractivity contribution is 6.10. The molecule has 5 rings (SSSR count). The summed E-state index contributed by atoms with van der Waals surface area (Å²) in [6, 6.07) is 17.8. The van der Waals surface area contributed by atoms with E-state index in [1.165, 1.54) is 0 Å². The van der Waals surface area contributed by atoms with Crippen molar-refractivity contribution in [3.8, 4) is 5.75 Å². The summed E-state index contributed by atoms with van der Waals surface area (Å²) in [7, 11) is 0. The third-order valence-corrected chi connectivity index (χ3v) is 6.28. The molecule has 2 aromatic heterocycles. The molecule has 1 aliphatic heterocycles. The SMILES string of the molecule is Cc1ccc2oc3c(c(=O)c2c1)[C@H](c1cccc(OCCC(C)C)c1)N(c1cccc(C)n1)C3=O. The molecule has 4 aromatic rings. The zero-order valence-corrected chi connectivity index (χ0v) is 20.4. The minimum Gasteiger partial charge on any atom is -0.494 e. The van der Waals surface area contributed by atoms with E-state index in [0.717, 1.165) is 23.2 Å². The van der Waals surface area contributed by atoms with E-state index >= 15 is 0 Å². The first kappa shape index (κ1) is 22.8. The third-order valence-electron chi connectivity index (χ3n) is 6.28. The molecule has 6 heteroatoms. The van der Waals surface area contributed by atoms with E-state index in [-0.39, 0.29) is 17.1 Å². The average Bonchev–Trinajstić information content (AvgIpc) is 3.12. The normalized spacial score (nSPS) is 15.2. The summed E-state index contributed by atoms with van der Waals surface area (Å²) >= 11 is 0. The molecule has 0 N–H and O–H groups in total. The molecule has 0 bridgehead atoms. The molecule has 0 spiro atoms. The number of fused-ring (bicyclic) bond motifs is 2. The van der Waals surface area contributed by atoms with Crippen LogP contribution in [0.15, 0.2) is 69.9 Å². The third kappa shape index (κ3) is 4.20. The van der Waals surface area contributed by atoms with Crippen LogP contribution in [-0.2, 0) is 0 Å². The molecule has 3 heterocycles. The number of anilines is 1. The number of carbonyl (C=O) groups excluding carboxylic acids is 1. The van der Waals surface area contributed by atoms with Gasteiger partial charge in [-0.15, -0.1) is 0 Å². The minimum absolute atomic E-state index is 0.0609. The Bertz CT molecular complexity index is 1490. The summed E-state index contributed by atoms with van der Waals surface area (Å²) in [5.41, 5.74) is 3.01. The van der Waals surface area contributed by atoms with Crippen molar-refractivity contribution in [3.63, 3.8) is 0 Å². The quantitative estimate of drug-likeness (QED) is 0.348. The lowest BCUT2D eigenvalue weighted by Gasteiger charge is -2.25. The Balaban J connectivity index is 1.69. The molecule has 1 aliphatic rings. The van der Waals surface area contributed by atoms with E-state index < -0.39 is 6.04 Å². The first-order valence-electron chi connectivity index (χ1n) is 11.9. The van der Waals surface area contributed by atoms with Crippen LogP contribution in [0.25, 0.3) is 11.0 Å². The molecule has 1 atom stereocenters. The number of hydrogen-bond donors (Lipinski definition) is 0. The van der Waals surface area contributed by atoms with Crippen LogP contribution in [0.2, 0.25) is 0 Å². The number of ether oxygens (including phenoxy) is 1. The van der Waals surface area contributed by atoms with Gasteiger partial charge in [-0.05, 0) is 68.1 Å². The van der Waals surface area contributed by atoms with E-state index in [1.54, 1.807) is 17.0 Å². The van der Waals surface area contributed by atoms with Gasteiger partial charge in [-0.3, -0.25) is 14.5 Å². The molecule has 0 saturated heterocycles. The Labute approximate surface area is 204 Å². The molecular weight excluding hydrogens is 440 g/mol. The van der Waals surface area contributed by atoms with Crippen LogP contribution in [0.5, 0.6) is 5.75 Å². The lowest BCUT2D eigenvalue weighted by molar-refractivity contribution is 0.0970. The molecular formula is C29H28N2O4. The summed E-state index contributed by atoms with van der Waals surface area (Å²) in [5.74, 6) is 1.38. The van der Waals surface area contributed by atoms with Gasteiger partial charge in [-0.2, -0.15) is 0 Å². The van der Waals surface area contributed by atoms with Crippen molar-refractivity contribution in [2.75, 3.05) is 11.5 Å². The van der Waals surface area contributed by atoms with Crippen LogP contribution in [0.1, 0.15) is 59.2 Å². The van der Waals surface area contributed by atoms with E-state index in [0.29, 0.717) is 40.6 Å². The summed E-state index contributed by atoms with van der Waals surface area (Å²) in [4.78, 5) is 33.7. The highest BCUT2D eigenvalue weighted by Gasteiger charge is 2.44. The largest absolute Gasteiger partial charge is 0.494 e. The van der Waals surface area contributed by atoms with E-state index in [9.17, 15) is 9.59 Å². The maximum atomic E-state index is 13.8. The molecule has 0 saturated carbocycles. The van der Waals surface area contributed by atoms with Gasteiger partial charge in [0.05, 0.1) is 23.6 Å². The molecule has 0 unspecified atom stereocenters. The van der Waals surface area contributed by atoms with Gasteiger partial charge in [-0.25, -0.2) is 4.98 Å². The van der Waals surface area contributed by atoms with Crippen LogP contribution >= 0.6 is 0 Å². The Morgan fingerprint density at radius 2 is 1.83 bits per heavy atom. The Morgan fingerprint density at radius 1 is 1.03 bits per heavy atom. The maximum Gasteiger partial charge on any atom is 0.296 e. The van der Waals surface area contributed by atoms with E-state index in [1.807, 2.05) is 62.4 Å². The van der Waals surface area contributed by atoms with Gasteiger partial charge in [0.1, 0.15) is 17.2 Å².